The highest BCUT2D eigenvalue weighted by atomic mass is 32.2. The fraction of sp³-hybridized carbons (Fsp3) is 0.100. The predicted octanol–water partition coefficient (Wildman–Crippen LogP) is 3.44. The highest BCUT2D eigenvalue weighted by molar-refractivity contribution is 7.92. The topological polar surface area (TPSA) is 89.8 Å². The van der Waals surface area contributed by atoms with Crippen LogP contribution in [0.15, 0.2) is 75.9 Å². The molecule has 1 N–H and O–H groups in total. The Labute approximate surface area is 171 Å². The minimum atomic E-state index is -3.76. The smallest absolute Gasteiger partial charge is 0.262 e. The van der Waals surface area contributed by atoms with Crippen molar-refractivity contribution in [3.63, 3.8) is 0 Å². The summed E-state index contributed by atoms with van der Waals surface area (Å²) in [6.45, 7) is 1.91. The van der Waals surface area contributed by atoms with E-state index in [2.05, 4.69) is 9.71 Å². The fourth-order valence-corrected chi connectivity index (χ4v) is 4.58. The molecule has 0 spiro atoms. The summed E-state index contributed by atoms with van der Waals surface area (Å²) >= 11 is 1.35. The number of aryl methyl sites for hydroxylation is 1. The molecule has 0 aliphatic carbocycles. The molecular formula is C20H17N3O4S2. The highest BCUT2D eigenvalue weighted by Crippen LogP contribution is 2.29. The molecule has 2 aromatic heterocycles. The SMILES string of the molecule is Cc1ccc(NS(=O)(=O)c2ccccc2)c(OCc2cc(=O)n3ccsc3n2)c1. The van der Waals surface area contributed by atoms with Gasteiger partial charge in [0, 0.05) is 17.6 Å². The van der Waals surface area contributed by atoms with Crippen molar-refractivity contribution in [2.75, 3.05) is 4.72 Å². The molecule has 29 heavy (non-hydrogen) atoms. The Morgan fingerprint density at radius 3 is 2.72 bits per heavy atom. The highest BCUT2D eigenvalue weighted by Gasteiger charge is 2.17. The number of hydrogen-bond donors (Lipinski definition) is 1. The first-order chi connectivity index (χ1) is 13.9. The summed E-state index contributed by atoms with van der Waals surface area (Å²) in [6, 6.07) is 14.7. The summed E-state index contributed by atoms with van der Waals surface area (Å²) in [5, 5.41) is 1.78. The zero-order valence-electron chi connectivity index (χ0n) is 15.4. The van der Waals surface area contributed by atoms with E-state index in [1.165, 1.54) is 33.9 Å². The van der Waals surface area contributed by atoms with Crippen LogP contribution in [-0.2, 0) is 16.6 Å². The lowest BCUT2D eigenvalue weighted by Crippen LogP contribution is -2.15. The number of sulfonamides is 1. The third-order valence-corrected chi connectivity index (χ3v) is 6.30. The number of benzene rings is 2. The van der Waals surface area contributed by atoms with Crippen LogP contribution >= 0.6 is 11.3 Å². The van der Waals surface area contributed by atoms with E-state index < -0.39 is 10.0 Å². The van der Waals surface area contributed by atoms with Crippen molar-refractivity contribution >= 4 is 32.0 Å². The van der Waals surface area contributed by atoms with Crippen molar-refractivity contribution in [3.8, 4) is 5.75 Å². The van der Waals surface area contributed by atoms with Crippen LogP contribution < -0.4 is 15.0 Å². The second kappa shape index (κ2) is 7.69. The van der Waals surface area contributed by atoms with Crippen molar-refractivity contribution in [1.82, 2.24) is 9.38 Å². The first kappa shape index (κ1) is 19.2. The molecule has 7 nitrogen and oxygen atoms in total. The molecule has 0 saturated heterocycles. The molecule has 2 aromatic carbocycles. The molecule has 0 unspecified atom stereocenters. The third kappa shape index (κ3) is 4.15. The molecule has 9 heteroatoms. The number of ether oxygens (including phenoxy) is 1. The van der Waals surface area contributed by atoms with Crippen LogP contribution in [0.4, 0.5) is 5.69 Å². The summed E-state index contributed by atoms with van der Waals surface area (Å²) in [4.78, 5) is 17.3. The van der Waals surface area contributed by atoms with Gasteiger partial charge < -0.3 is 4.74 Å². The molecule has 4 aromatic rings. The molecule has 0 atom stereocenters. The van der Waals surface area contributed by atoms with E-state index in [4.69, 9.17) is 4.74 Å². The normalized spacial score (nSPS) is 11.5. The number of nitrogens with one attached hydrogen (secondary N) is 1. The maximum Gasteiger partial charge on any atom is 0.262 e. The van der Waals surface area contributed by atoms with Crippen LogP contribution in [0.1, 0.15) is 11.3 Å². The second-order valence-electron chi connectivity index (χ2n) is 6.35. The molecule has 0 amide bonds. The van der Waals surface area contributed by atoms with Crippen LogP contribution in [0.5, 0.6) is 5.75 Å². The molecule has 0 aliphatic rings. The summed E-state index contributed by atoms with van der Waals surface area (Å²) < 4.78 is 35.2. The van der Waals surface area contributed by atoms with Gasteiger partial charge in [0.25, 0.3) is 15.6 Å². The van der Waals surface area contributed by atoms with E-state index >= 15 is 0 Å². The van der Waals surface area contributed by atoms with Crippen molar-refractivity contribution in [2.45, 2.75) is 18.4 Å². The van der Waals surface area contributed by atoms with Gasteiger partial charge in [-0.1, -0.05) is 24.3 Å². The number of fused-ring (bicyclic) bond motifs is 1. The van der Waals surface area contributed by atoms with Crippen molar-refractivity contribution in [2.24, 2.45) is 0 Å². The first-order valence-corrected chi connectivity index (χ1v) is 11.1. The van der Waals surface area contributed by atoms with Gasteiger partial charge in [0.05, 0.1) is 16.3 Å². The Kier molecular flexibility index (Phi) is 5.08. The van der Waals surface area contributed by atoms with Crippen LogP contribution in [0.3, 0.4) is 0 Å². The van der Waals surface area contributed by atoms with E-state index in [9.17, 15) is 13.2 Å². The third-order valence-electron chi connectivity index (χ3n) is 4.17. The zero-order chi connectivity index (χ0) is 20.4. The van der Waals surface area contributed by atoms with E-state index in [1.807, 2.05) is 6.92 Å². The molecule has 0 saturated carbocycles. The quantitative estimate of drug-likeness (QED) is 0.509. The van der Waals surface area contributed by atoms with Crippen LogP contribution in [-0.4, -0.2) is 17.8 Å². The summed E-state index contributed by atoms with van der Waals surface area (Å²) in [5.74, 6) is 0.359. The average Bonchev–Trinajstić information content (AvgIpc) is 3.18. The van der Waals surface area contributed by atoms with Gasteiger partial charge in [-0.3, -0.25) is 13.9 Å². The molecule has 4 rings (SSSR count). The Morgan fingerprint density at radius 1 is 1.14 bits per heavy atom. The lowest BCUT2D eigenvalue weighted by Gasteiger charge is -2.14. The van der Waals surface area contributed by atoms with E-state index in [-0.39, 0.29) is 17.1 Å². The maximum absolute atomic E-state index is 12.7. The minimum absolute atomic E-state index is 0.0349. The van der Waals surface area contributed by atoms with Gasteiger partial charge in [-0.25, -0.2) is 13.4 Å². The first-order valence-electron chi connectivity index (χ1n) is 8.69. The van der Waals surface area contributed by atoms with Crippen molar-refractivity contribution in [1.29, 1.82) is 0 Å². The number of anilines is 1. The van der Waals surface area contributed by atoms with Gasteiger partial charge in [0.2, 0.25) is 0 Å². The average molecular weight is 428 g/mol. The number of nitrogens with zero attached hydrogens (tertiary/aromatic N) is 2. The zero-order valence-corrected chi connectivity index (χ0v) is 17.0. The second-order valence-corrected chi connectivity index (χ2v) is 8.90. The number of rotatable bonds is 6. The summed E-state index contributed by atoms with van der Waals surface area (Å²) in [5.41, 5.74) is 1.50. The Morgan fingerprint density at radius 2 is 1.93 bits per heavy atom. The van der Waals surface area contributed by atoms with E-state index in [0.717, 1.165) is 5.56 Å². The predicted molar refractivity (Wildman–Crippen MR) is 112 cm³/mol. The largest absolute Gasteiger partial charge is 0.485 e. The lowest BCUT2D eigenvalue weighted by atomic mass is 10.2. The lowest BCUT2D eigenvalue weighted by molar-refractivity contribution is 0.303. The van der Waals surface area contributed by atoms with Gasteiger partial charge in [-0.15, -0.1) is 11.3 Å². The maximum atomic E-state index is 12.7. The van der Waals surface area contributed by atoms with Gasteiger partial charge in [0.1, 0.15) is 12.4 Å². The summed E-state index contributed by atoms with van der Waals surface area (Å²) in [7, 11) is -3.76. The van der Waals surface area contributed by atoms with Crippen LogP contribution in [0, 0.1) is 6.92 Å². The monoisotopic (exact) mass is 427 g/mol. The standard InChI is InChI=1S/C20H17N3O4S2/c1-14-7-8-17(22-29(25,26)16-5-3-2-4-6-16)18(11-14)27-13-15-12-19(24)23-9-10-28-20(23)21-15/h2-12,22H,13H2,1H3. The number of hydrogen-bond acceptors (Lipinski definition) is 6. The molecule has 0 fully saturated rings. The van der Waals surface area contributed by atoms with Crippen LogP contribution in [0.2, 0.25) is 0 Å². The van der Waals surface area contributed by atoms with Gasteiger partial charge in [0.15, 0.2) is 4.96 Å². The molecular weight excluding hydrogens is 410 g/mol. The molecule has 148 valence electrons. The van der Waals surface area contributed by atoms with Crippen molar-refractivity contribution < 1.29 is 13.2 Å². The number of thiazole rings is 1. The Hall–Kier alpha value is -3.17. The minimum Gasteiger partial charge on any atom is -0.485 e. The van der Waals surface area contributed by atoms with Gasteiger partial charge in [-0.05, 0) is 36.8 Å². The molecule has 0 radical (unpaired) electrons. The molecule has 0 aliphatic heterocycles. The fourth-order valence-electron chi connectivity index (χ4n) is 2.75. The van der Waals surface area contributed by atoms with Crippen molar-refractivity contribution in [3.05, 3.63) is 87.8 Å². The summed E-state index contributed by atoms with van der Waals surface area (Å²) in [6.07, 6.45) is 1.66. The van der Waals surface area contributed by atoms with Crippen LogP contribution in [0.25, 0.3) is 4.96 Å². The Balaban J connectivity index is 1.60. The number of aromatic nitrogens is 2. The van der Waals surface area contributed by atoms with Gasteiger partial charge >= 0.3 is 0 Å². The van der Waals surface area contributed by atoms with Gasteiger partial charge in [-0.2, -0.15) is 0 Å². The van der Waals surface area contributed by atoms with E-state index in [1.54, 1.807) is 48.0 Å². The Bertz CT molecular complexity index is 1330. The molecule has 0 bridgehead atoms. The molecule has 2 heterocycles. The van der Waals surface area contributed by atoms with E-state index in [0.29, 0.717) is 22.1 Å².